The van der Waals surface area contributed by atoms with Gasteiger partial charge in [0.25, 0.3) is 0 Å². The molecule has 0 unspecified atom stereocenters. The van der Waals surface area contributed by atoms with Crippen LogP contribution < -0.4 is 15.4 Å². The lowest BCUT2D eigenvalue weighted by molar-refractivity contribution is 0.414. The van der Waals surface area contributed by atoms with Crippen LogP contribution in [0.4, 0.5) is 11.6 Å². The summed E-state index contributed by atoms with van der Waals surface area (Å²) in [5, 5.41) is 6.72. The van der Waals surface area contributed by atoms with Crippen LogP contribution in [0.1, 0.15) is 39.0 Å². The van der Waals surface area contributed by atoms with E-state index in [0.29, 0.717) is 6.04 Å². The Morgan fingerprint density at radius 3 is 2.67 bits per heavy atom. The van der Waals surface area contributed by atoms with Crippen LogP contribution in [0.5, 0.6) is 5.75 Å². The first-order valence-corrected chi connectivity index (χ1v) is 6.74. The van der Waals surface area contributed by atoms with Crippen molar-refractivity contribution in [3.8, 4) is 5.75 Å². The van der Waals surface area contributed by atoms with Gasteiger partial charge in [0.05, 0.1) is 7.11 Å². The molecule has 0 radical (unpaired) electrons. The Morgan fingerprint density at radius 1 is 1.28 bits per heavy atom. The number of ether oxygens (including phenoxy) is 1. The van der Waals surface area contributed by atoms with Gasteiger partial charge in [-0.15, -0.1) is 0 Å². The Hall–Kier alpha value is -1.52. The number of aromatic nitrogens is 2. The van der Waals surface area contributed by atoms with Gasteiger partial charge in [0.15, 0.2) is 11.6 Å². The average molecular weight is 250 g/mol. The zero-order chi connectivity index (χ0) is 12.8. The molecule has 2 rings (SSSR count). The highest BCUT2D eigenvalue weighted by atomic mass is 16.5. The van der Waals surface area contributed by atoms with Crippen molar-refractivity contribution in [1.82, 2.24) is 9.97 Å². The molecular weight excluding hydrogens is 228 g/mol. The van der Waals surface area contributed by atoms with Crippen molar-refractivity contribution in [1.29, 1.82) is 0 Å². The zero-order valence-corrected chi connectivity index (χ0v) is 11.2. The molecule has 0 bridgehead atoms. The maximum Gasteiger partial charge on any atom is 0.204 e. The second-order valence-electron chi connectivity index (χ2n) is 4.66. The molecule has 5 heteroatoms. The van der Waals surface area contributed by atoms with Crippen molar-refractivity contribution >= 4 is 11.6 Å². The van der Waals surface area contributed by atoms with E-state index in [9.17, 15) is 0 Å². The van der Waals surface area contributed by atoms with Crippen LogP contribution in [0.15, 0.2) is 6.33 Å². The Kier molecular flexibility index (Phi) is 4.61. The third-order valence-corrected chi connectivity index (χ3v) is 3.25. The van der Waals surface area contributed by atoms with E-state index in [1.807, 2.05) is 0 Å². The van der Waals surface area contributed by atoms with E-state index in [-0.39, 0.29) is 0 Å². The van der Waals surface area contributed by atoms with Gasteiger partial charge in [0.1, 0.15) is 6.33 Å². The largest absolute Gasteiger partial charge is 0.490 e. The number of rotatable bonds is 6. The predicted molar refractivity (Wildman–Crippen MR) is 73.2 cm³/mol. The maximum absolute atomic E-state index is 5.43. The number of methoxy groups -OCH3 is 1. The summed E-state index contributed by atoms with van der Waals surface area (Å²) in [6, 6.07) is 0.521. The summed E-state index contributed by atoms with van der Waals surface area (Å²) < 4.78 is 5.43. The van der Waals surface area contributed by atoms with E-state index in [2.05, 4.69) is 27.5 Å². The fourth-order valence-corrected chi connectivity index (χ4v) is 2.30. The van der Waals surface area contributed by atoms with E-state index in [1.54, 1.807) is 13.4 Å². The topological polar surface area (TPSA) is 59.1 Å². The van der Waals surface area contributed by atoms with Crippen molar-refractivity contribution in [3.05, 3.63) is 6.33 Å². The summed E-state index contributed by atoms with van der Waals surface area (Å²) in [5.41, 5.74) is 0. The van der Waals surface area contributed by atoms with Crippen LogP contribution in [0, 0.1) is 0 Å². The van der Waals surface area contributed by atoms with Crippen LogP contribution in [-0.4, -0.2) is 29.7 Å². The van der Waals surface area contributed by atoms with E-state index >= 15 is 0 Å². The van der Waals surface area contributed by atoms with Gasteiger partial charge in [-0.1, -0.05) is 19.8 Å². The Labute approximate surface area is 108 Å². The molecule has 1 aliphatic rings. The number of anilines is 2. The second kappa shape index (κ2) is 6.42. The lowest BCUT2D eigenvalue weighted by atomic mass is 10.2. The molecule has 0 aliphatic heterocycles. The van der Waals surface area contributed by atoms with Gasteiger partial charge in [0.2, 0.25) is 5.75 Å². The number of nitrogens with one attached hydrogen (secondary N) is 2. The fourth-order valence-electron chi connectivity index (χ4n) is 2.30. The highest BCUT2D eigenvalue weighted by molar-refractivity contribution is 5.63. The molecule has 1 fully saturated rings. The van der Waals surface area contributed by atoms with E-state index in [0.717, 1.165) is 30.4 Å². The summed E-state index contributed by atoms with van der Waals surface area (Å²) >= 11 is 0. The standard InChI is InChI=1S/C13H22N4O/c1-3-8-14-12-11(18-2)13(16-9-15-12)17-10-6-4-5-7-10/h9-10H,3-8H2,1-2H3,(H2,14,15,16,17). The van der Waals surface area contributed by atoms with Crippen LogP contribution in [0.25, 0.3) is 0 Å². The van der Waals surface area contributed by atoms with Gasteiger partial charge < -0.3 is 15.4 Å². The molecule has 1 aromatic rings. The molecular formula is C13H22N4O. The molecule has 0 atom stereocenters. The maximum atomic E-state index is 5.43. The summed E-state index contributed by atoms with van der Waals surface area (Å²) in [7, 11) is 1.66. The summed E-state index contributed by atoms with van der Waals surface area (Å²) in [6.07, 6.45) is 7.66. The average Bonchev–Trinajstić information content (AvgIpc) is 2.89. The molecule has 0 spiro atoms. The van der Waals surface area contributed by atoms with Gasteiger partial charge in [-0.05, 0) is 19.3 Å². The number of nitrogens with zero attached hydrogens (tertiary/aromatic N) is 2. The fraction of sp³-hybridized carbons (Fsp3) is 0.692. The second-order valence-corrected chi connectivity index (χ2v) is 4.66. The van der Waals surface area contributed by atoms with Crippen LogP contribution in [0.2, 0.25) is 0 Å². The van der Waals surface area contributed by atoms with Gasteiger partial charge in [-0.3, -0.25) is 0 Å². The van der Waals surface area contributed by atoms with Crippen molar-refractivity contribution in [2.45, 2.75) is 45.1 Å². The first kappa shape index (κ1) is 12.9. The molecule has 100 valence electrons. The van der Waals surface area contributed by atoms with Gasteiger partial charge in [-0.25, -0.2) is 9.97 Å². The third kappa shape index (κ3) is 3.03. The SMILES string of the molecule is CCCNc1ncnc(NC2CCCC2)c1OC. The first-order chi connectivity index (χ1) is 8.85. The minimum Gasteiger partial charge on any atom is -0.490 e. The van der Waals surface area contributed by atoms with Gasteiger partial charge in [0, 0.05) is 12.6 Å². The lowest BCUT2D eigenvalue weighted by Crippen LogP contribution is -2.17. The normalized spacial score (nSPS) is 15.7. The van der Waals surface area contributed by atoms with Crippen molar-refractivity contribution in [3.63, 3.8) is 0 Å². The van der Waals surface area contributed by atoms with Gasteiger partial charge in [-0.2, -0.15) is 0 Å². The van der Waals surface area contributed by atoms with Crippen LogP contribution >= 0.6 is 0 Å². The molecule has 0 amide bonds. The highest BCUT2D eigenvalue weighted by Crippen LogP contribution is 2.31. The quantitative estimate of drug-likeness (QED) is 0.813. The smallest absolute Gasteiger partial charge is 0.204 e. The van der Waals surface area contributed by atoms with E-state index < -0.39 is 0 Å². The zero-order valence-electron chi connectivity index (χ0n) is 11.2. The number of hydrogen-bond donors (Lipinski definition) is 2. The summed E-state index contributed by atoms with van der Waals surface area (Å²) in [6.45, 7) is 3.01. The lowest BCUT2D eigenvalue weighted by Gasteiger charge is -2.17. The molecule has 18 heavy (non-hydrogen) atoms. The Balaban J connectivity index is 2.12. The van der Waals surface area contributed by atoms with E-state index in [4.69, 9.17) is 4.74 Å². The molecule has 2 N–H and O–H groups in total. The Morgan fingerprint density at radius 2 is 2.00 bits per heavy atom. The van der Waals surface area contributed by atoms with Crippen molar-refractivity contribution in [2.75, 3.05) is 24.3 Å². The third-order valence-electron chi connectivity index (χ3n) is 3.25. The monoisotopic (exact) mass is 250 g/mol. The minimum atomic E-state index is 0.521. The molecule has 1 aromatic heterocycles. The minimum absolute atomic E-state index is 0.521. The Bertz CT molecular complexity index is 377. The van der Waals surface area contributed by atoms with Crippen LogP contribution in [-0.2, 0) is 0 Å². The summed E-state index contributed by atoms with van der Waals surface area (Å²) in [5.74, 6) is 2.30. The number of hydrogen-bond acceptors (Lipinski definition) is 5. The molecule has 1 heterocycles. The molecule has 1 aliphatic carbocycles. The van der Waals surface area contributed by atoms with Crippen molar-refractivity contribution < 1.29 is 4.74 Å². The van der Waals surface area contributed by atoms with E-state index in [1.165, 1.54) is 25.7 Å². The molecule has 5 nitrogen and oxygen atoms in total. The molecule has 0 saturated heterocycles. The highest BCUT2D eigenvalue weighted by Gasteiger charge is 2.18. The van der Waals surface area contributed by atoms with Crippen LogP contribution in [0.3, 0.4) is 0 Å². The first-order valence-electron chi connectivity index (χ1n) is 6.74. The summed E-state index contributed by atoms with van der Waals surface area (Å²) in [4.78, 5) is 8.53. The predicted octanol–water partition coefficient (Wildman–Crippen LogP) is 2.66. The molecule has 0 aromatic carbocycles. The van der Waals surface area contributed by atoms with Gasteiger partial charge >= 0.3 is 0 Å². The van der Waals surface area contributed by atoms with Crippen molar-refractivity contribution in [2.24, 2.45) is 0 Å². The molecule has 1 saturated carbocycles.